The number of rotatable bonds is 3. The maximum atomic E-state index is 3.42. The molecule has 2 aliphatic rings. The van der Waals surface area contributed by atoms with Gasteiger partial charge < -0.3 is 15.1 Å². The molecule has 0 aromatic heterocycles. The van der Waals surface area contributed by atoms with E-state index in [1.54, 1.807) is 0 Å². The van der Waals surface area contributed by atoms with E-state index in [1.807, 2.05) is 0 Å². The zero-order valence-corrected chi connectivity index (χ0v) is 10.9. The Kier molecular flexibility index (Phi) is 4.62. The molecular weight excluding hydrogens is 198 g/mol. The summed E-state index contributed by atoms with van der Waals surface area (Å²) in [5.74, 6) is 1.79. The molecule has 1 N–H and O–H groups in total. The first kappa shape index (κ1) is 12.3. The average Bonchev–Trinajstić information content (AvgIpc) is 2.30. The second kappa shape index (κ2) is 5.99. The van der Waals surface area contributed by atoms with E-state index in [0.717, 1.165) is 11.8 Å². The van der Waals surface area contributed by atoms with Gasteiger partial charge in [-0.2, -0.15) is 0 Å². The van der Waals surface area contributed by atoms with Crippen LogP contribution in [0.1, 0.15) is 19.8 Å². The van der Waals surface area contributed by atoms with Gasteiger partial charge in [-0.15, -0.1) is 0 Å². The number of piperidine rings is 1. The van der Waals surface area contributed by atoms with Crippen molar-refractivity contribution in [1.82, 2.24) is 15.1 Å². The Morgan fingerprint density at radius 3 is 2.69 bits per heavy atom. The van der Waals surface area contributed by atoms with Crippen LogP contribution >= 0.6 is 0 Å². The molecule has 94 valence electrons. The molecule has 0 spiro atoms. The number of nitrogens with zero attached hydrogens (tertiary/aromatic N) is 2. The smallest absolute Gasteiger partial charge is 0.0107 e. The Morgan fingerprint density at radius 2 is 2.00 bits per heavy atom. The molecule has 0 amide bonds. The van der Waals surface area contributed by atoms with E-state index in [2.05, 4.69) is 29.1 Å². The molecule has 0 saturated carbocycles. The topological polar surface area (TPSA) is 18.5 Å². The highest BCUT2D eigenvalue weighted by molar-refractivity contribution is 4.78. The molecule has 2 fully saturated rings. The van der Waals surface area contributed by atoms with Gasteiger partial charge in [0.15, 0.2) is 0 Å². The van der Waals surface area contributed by atoms with Crippen LogP contribution in [-0.4, -0.2) is 62.7 Å². The molecule has 2 aliphatic heterocycles. The van der Waals surface area contributed by atoms with Crippen LogP contribution in [0.2, 0.25) is 0 Å². The van der Waals surface area contributed by atoms with Gasteiger partial charge in [0, 0.05) is 39.3 Å². The van der Waals surface area contributed by atoms with Crippen LogP contribution in [-0.2, 0) is 0 Å². The second-order valence-electron chi connectivity index (χ2n) is 5.69. The van der Waals surface area contributed by atoms with E-state index in [9.17, 15) is 0 Å². The fourth-order valence-electron chi connectivity index (χ4n) is 3.12. The molecule has 2 atom stereocenters. The first-order valence-corrected chi connectivity index (χ1v) is 6.87. The van der Waals surface area contributed by atoms with Gasteiger partial charge in [0.1, 0.15) is 0 Å². The number of hydrogen-bond acceptors (Lipinski definition) is 3. The Morgan fingerprint density at radius 1 is 1.25 bits per heavy atom. The first-order chi connectivity index (χ1) is 7.75. The summed E-state index contributed by atoms with van der Waals surface area (Å²) in [6.07, 6.45) is 2.84. The second-order valence-corrected chi connectivity index (χ2v) is 5.69. The zero-order valence-electron chi connectivity index (χ0n) is 10.9. The minimum Gasteiger partial charge on any atom is -0.314 e. The van der Waals surface area contributed by atoms with Crippen molar-refractivity contribution in [1.29, 1.82) is 0 Å². The van der Waals surface area contributed by atoms with Crippen LogP contribution in [0.15, 0.2) is 0 Å². The molecule has 0 bridgehead atoms. The van der Waals surface area contributed by atoms with E-state index in [4.69, 9.17) is 0 Å². The lowest BCUT2D eigenvalue weighted by Crippen LogP contribution is -2.47. The summed E-state index contributed by atoms with van der Waals surface area (Å²) in [7, 11) is 2.27. The molecule has 2 unspecified atom stereocenters. The summed E-state index contributed by atoms with van der Waals surface area (Å²) in [6.45, 7) is 11.2. The van der Waals surface area contributed by atoms with Crippen LogP contribution in [0, 0.1) is 11.8 Å². The molecule has 2 heterocycles. The molecule has 0 aromatic carbocycles. The van der Waals surface area contributed by atoms with Crippen molar-refractivity contribution >= 4 is 0 Å². The normalized spacial score (nSPS) is 31.5. The van der Waals surface area contributed by atoms with Crippen molar-refractivity contribution in [3.8, 4) is 0 Å². The van der Waals surface area contributed by atoms with Crippen LogP contribution in [0.3, 0.4) is 0 Å². The molecular formula is C13H27N3. The van der Waals surface area contributed by atoms with Crippen molar-refractivity contribution in [3.63, 3.8) is 0 Å². The van der Waals surface area contributed by atoms with Crippen LogP contribution < -0.4 is 5.32 Å². The van der Waals surface area contributed by atoms with Crippen molar-refractivity contribution < 1.29 is 0 Å². The van der Waals surface area contributed by atoms with E-state index < -0.39 is 0 Å². The number of likely N-dealkylation sites (tertiary alicyclic amines) is 1. The fraction of sp³-hybridized carbons (Fsp3) is 1.00. The van der Waals surface area contributed by atoms with Gasteiger partial charge >= 0.3 is 0 Å². The van der Waals surface area contributed by atoms with E-state index in [1.165, 1.54) is 58.7 Å². The van der Waals surface area contributed by atoms with Crippen LogP contribution in [0.4, 0.5) is 0 Å². The Bertz CT molecular complexity index is 201. The predicted octanol–water partition coefficient (Wildman–Crippen LogP) is 0.870. The molecule has 3 nitrogen and oxygen atoms in total. The summed E-state index contributed by atoms with van der Waals surface area (Å²) in [6, 6.07) is 0. The largest absolute Gasteiger partial charge is 0.314 e. The summed E-state index contributed by atoms with van der Waals surface area (Å²) in [5, 5.41) is 3.42. The van der Waals surface area contributed by atoms with Crippen molar-refractivity contribution in [2.24, 2.45) is 11.8 Å². The lowest BCUT2D eigenvalue weighted by atomic mass is 9.86. The predicted molar refractivity (Wildman–Crippen MR) is 68.7 cm³/mol. The third-order valence-electron chi connectivity index (χ3n) is 4.22. The molecule has 0 radical (unpaired) electrons. The van der Waals surface area contributed by atoms with Gasteiger partial charge in [-0.25, -0.2) is 0 Å². The van der Waals surface area contributed by atoms with Crippen LogP contribution in [0.5, 0.6) is 0 Å². The molecule has 2 rings (SSSR count). The minimum atomic E-state index is 0.862. The minimum absolute atomic E-state index is 0.862. The van der Waals surface area contributed by atoms with Gasteiger partial charge in [0.25, 0.3) is 0 Å². The number of piperazine rings is 1. The monoisotopic (exact) mass is 225 g/mol. The lowest BCUT2D eigenvalue weighted by Gasteiger charge is -2.37. The summed E-state index contributed by atoms with van der Waals surface area (Å²) in [5.41, 5.74) is 0. The quantitative estimate of drug-likeness (QED) is 0.769. The average molecular weight is 225 g/mol. The van der Waals surface area contributed by atoms with Crippen molar-refractivity contribution in [2.75, 3.05) is 52.9 Å². The van der Waals surface area contributed by atoms with Gasteiger partial charge in [0.2, 0.25) is 0 Å². The highest BCUT2D eigenvalue weighted by Crippen LogP contribution is 2.23. The number of hydrogen-bond donors (Lipinski definition) is 1. The Labute approximate surface area is 100 Å². The van der Waals surface area contributed by atoms with Crippen molar-refractivity contribution in [3.05, 3.63) is 0 Å². The highest BCUT2D eigenvalue weighted by Gasteiger charge is 2.24. The molecule has 0 aliphatic carbocycles. The summed E-state index contributed by atoms with van der Waals surface area (Å²) >= 11 is 0. The fourth-order valence-corrected chi connectivity index (χ4v) is 3.12. The van der Waals surface area contributed by atoms with Gasteiger partial charge in [-0.1, -0.05) is 6.92 Å². The SMILES string of the molecule is CC(CN1CCNCC1)C1CCCN(C)C1. The van der Waals surface area contributed by atoms with E-state index in [0.29, 0.717) is 0 Å². The number of nitrogens with one attached hydrogen (secondary N) is 1. The zero-order chi connectivity index (χ0) is 11.4. The molecule has 3 heteroatoms. The lowest BCUT2D eigenvalue weighted by molar-refractivity contribution is 0.125. The van der Waals surface area contributed by atoms with Gasteiger partial charge in [-0.05, 0) is 38.3 Å². The third kappa shape index (κ3) is 3.44. The van der Waals surface area contributed by atoms with E-state index >= 15 is 0 Å². The summed E-state index contributed by atoms with van der Waals surface area (Å²) in [4.78, 5) is 5.14. The maximum absolute atomic E-state index is 3.42. The van der Waals surface area contributed by atoms with Crippen LogP contribution in [0.25, 0.3) is 0 Å². The maximum Gasteiger partial charge on any atom is 0.0107 e. The summed E-state index contributed by atoms with van der Waals surface area (Å²) < 4.78 is 0. The third-order valence-corrected chi connectivity index (χ3v) is 4.22. The van der Waals surface area contributed by atoms with Crippen molar-refractivity contribution in [2.45, 2.75) is 19.8 Å². The Hall–Kier alpha value is -0.120. The molecule has 16 heavy (non-hydrogen) atoms. The van der Waals surface area contributed by atoms with E-state index in [-0.39, 0.29) is 0 Å². The molecule has 0 aromatic rings. The standard InChI is InChI=1S/C13H27N3/c1-12(10-16-8-5-14-6-9-16)13-4-3-7-15(2)11-13/h12-14H,3-11H2,1-2H3. The Balaban J connectivity index is 1.75. The first-order valence-electron chi connectivity index (χ1n) is 6.87. The van der Waals surface area contributed by atoms with Gasteiger partial charge in [0.05, 0.1) is 0 Å². The highest BCUT2D eigenvalue weighted by atomic mass is 15.2. The molecule has 2 saturated heterocycles. The van der Waals surface area contributed by atoms with Gasteiger partial charge in [-0.3, -0.25) is 0 Å².